The maximum absolute atomic E-state index is 12.9. The zero-order valence-electron chi connectivity index (χ0n) is 13.0. The molecule has 0 atom stereocenters. The molecule has 6 heteroatoms. The second-order valence-corrected chi connectivity index (χ2v) is 6.25. The molecule has 0 saturated heterocycles. The number of rotatable bonds is 3. The van der Waals surface area contributed by atoms with E-state index in [9.17, 15) is 4.79 Å². The minimum absolute atomic E-state index is 0.230. The summed E-state index contributed by atoms with van der Waals surface area (Å²) in [5, 5.41) is 4.82. The highest BCUT2D eigenvalue weighted by atomic mass is 79.9. The molecule has 5 nitrogen and oxygen atoms in total. The maximum atomic E-state index is 12.9. The van der Waals surface area contributed by atoms with E-state index in [-0.39, 0.29) is 5.56 Å². The second-order valence-electron chi connectivity index (χ2n) is 5.34. The molecule has 122 valence electrons. The van der Waals surface area contributed by atoms with Gasteiger partial charge < -0.3 is 4.42 Å². The lowest BCUT2D eigenvalue weighted by Gasteiger charge is -2.09. The van der Waals surface area contributed by atoms with Crippen LogP contribution in [0.25, 0.3) is 22.3 Å². The zero-order valence-corrected chi connectivity index (χ0v) is 14.6. The summed E-state index contributed by atoms with van der Waals surface area (Å²) in [6.45, 7) is 0. The molecule has 2 heterocycles. The first kappa shape index (κ1) is 15.5. The molecule has 0 N–H and O–H groups in total. The molecule has 0 spiro atoms. The Hall–Kier alpha value is -2.99. The van der Waals surface area contributed by atoms with Crippen molar-refractivity contribution in [1.29, 1.82) is 0 Å². The summed E-state index contributed by atoms with van der Waals surface area (Å²) in [5.41, 5.74) is 1.20. The molecule has 0 saturated carbocycles. The molecule has 0 fully saturated rings. The lowest BCUT2D eigenvalue weighted by molar-refractivity contribution is 0.559. The van der Waals surface area contributed by atoms with Crippen LogP contribution in [-0.4, -0.2) is 15.9 Å². The van der Waals surface area contributed by atoms with Crippen LogP contribution in [0.3, 0.4) is 0 Å². The first-order valence-electron chi connectivity index (χ1n) is 7.58. The Bertz CT molecular complexity index is 1110. The summed E-state index contributed by atoms with van der Waals surface area (Å²) in [6.07, 6.45) is 3.05. The summed E-state index contributed by atoms with van der Waals surface area (Å²) in [7, 11) is 0. The summed E-state index contributed by atoms with van der Waals surface area (Å²) in [6, 6.07) is 18.3. The zero-order chi connectivity index (χ0) is 17.2. The van der Waals surface area contributed by atoms with E-state index in [1.165, 1.54) is 10.9 Å². The van der Waals surface area contributed by atoms with E-state index in [0.29, 0.717) is 22.5 Å². The van der Waals surface area contributed by atoms with E-state index in [4.69, 9.17) is 4.42 Å². The highest BCUT2D eigenvalue weighted by Crippen LogP contribution is 2.21. The van der Waals surface area contributed by atoms with Gasteiger partial charge in [0.15, 0.2) is 5.82 Å². The number of halogens is 1. The van der Waals surface area contributed by atoms with E-state index >= 15 is 0 Å². The number of nitrogens with zero attached hydrogens (tertiary/aromatic N) is 3. The molecule has 0 aliphatic carbocycles. The number of furan rings is 1. The fourth-order valence-corrected chi connectivity index (χ4v) is 2.76. The highest BCUT2D eigenvalue weighted by Gasteiger charge is 2.12. The van der Waals surface area contributed by atoms with Gasteiger partial charge in [0, 0.05) is 10.0 Å². The monoisotopic (exact) mass is 393 g/mol. The largest absolute Gasteiger partial charge is 0.463 e. The molecule has 0 unspecified atom stereocenters. The summed E-state index contributed by atoms with van der Waals surface area (Å²) >= 11 is 3.42. The van der Waals surface area contributed by atoms with Crippen molar-refractivity contribution in [3.8, 4) is 11.4 Å². The van der Waals surface area contributed by atoms with Gasteiger partial charge in [-0.1, -0.05) is 40.2 Å². The molecule has 0 aliphatic rings. The van der Waals surface area contributed by atoms with Crippen LogP contribution in [0.4, 0.5) is 0 Å². The van der Waals surface area contributed by atoms with Gasteiger partial charge in [-0.2, -0.15) is 9.78 Å². The highest BCUT2D eigenvalue weighted by molar-refractivity contribution is 9.10. The Balaban J connectivity index is 1.97. The van der Waals surface area contributed by atoms with Crippen molar-refractivity contribution < 1.29 is 4.42 Å². The van der Waals surface area contributed by atoms with Crippen LogP contribution >= 0.6 is 15.9 Å². The topological polar surface area (TPSA) is 60.4 Å². The van der Waals surface area contributed by atoms with E-state index in [1.807, 2.05) is 42.5 Å². The van der Waals surface area contributed by atoms with Crippen LogP contribution in [0, 0.1) is 0 Å². The Kier molecular flexibility index (Phi) is 4.03. The number of aromatic nitrogens is 2. The van der Waals surface area contributed by atoms with Gasteiger partial charge in [-0.15, -0.1) is 0 Å². The maximum Gasteiger partial charge on any atom is 0.282 e. The lowest BCUT2D eigenvalue weighted by atomic mass is 10.2. The third-order valence-electron chi connectivity index (χ3n) is 3.70. The van der Waals surface area contributed by atoms with Gasteiger partial charge in [0.2, 0.25) is 0 Å². The van der Waals surface area contributed by atoms with Crippen molar-refractivity contribution in [2.24, 2.45) is 5.10 Å². The lowest BCUT2D eigenvalue weighted by Crippen LogP contribution is -2.20. The normalized spacial score (nSPS) is 11.4. The van der Waals surface area contributed by atoms with Gasteiger partial charge in [0.05, 0.1) is 23.4 Å². The number of para-hydroxylation sites is 1. The van der Waals surface area contributed by atoms with E-state index in [0.717, 1.165) is 10.0 Å². The average molecular weight is 394 g/mol. The van der Waals surface area contributed by atoms with Crippen LogP contribution in [0.15, 0.2) is 85.7 Å². The standard InChI is InChI=1S/C19H12BrN3O2/c20-14-9-7-13(8-10-14)18-22-17-6-2-1-5-16(17)19(24)23(18)21-12-15-4-3-11-25-15/h1-12H. The molecule has 0 radical (unpaired) electrons. The van der Waals surface area contributed by atoms with Crippen molar-refractivity contribution in [3.63, 3.8) is 0 Å². The Morgan fingerprint density at radius 2 is 1.84 bits per heavy atom. The van der Waals surface area contributed by atoms with E-state index in [2.05, 4.69) is 26.0 Å². The second kappa shape index (κ2) is 6.49. The molecule has 25 heavy (non-hydrogen) atoms. The Labute approximate surface area is 151 Å². The van der Waals surface area contributed by atoms with Crippen molar-refractivity contribution in [2.75, 3.05) is 0 Å². The fraction of sp³-hybridized carbons (Fsp3) is 0. The number of hydrogen-bond donors (Lipinski definition) is 0. The van der Waals surface area contributed by atoms with Crippen LogP contribution in [0.1, 0.15) is 5.76 Å². The van der Waals surface area contributed by atoms with E-state index < -0.39 is 0 Å². The van der Waals surface area contributed by atoms with Crippen molar-refractivity contribution in [1.82, 2.24) is 9.66 Å². The number of fused-ring (bicyclic) bond motifs is 1. The molecule has 0 amide bonds. The third kappa shape index (κ3) is 3.04. The molecule has 0 bridgehead atoms. The summed E-state index contributed by atoms with van der Waals surface area (Å²) < 4.78 is 7.50. The summed E-state index contributed by atoms with van der Waals surface area (Å²) in [4.78, 5) is 17.6. The predicted octanol–water partition coefficient (Wildman–Crippen LogP) is 4.30. The molecular formula is C19H12BrN3O2. The van der Waals surface area contributed by atoms with Crippen LogP contribution in [0.5, 0.6) is 0 Å². The smallest absolute Gasteiger partial charge is 0.282 e. The molecule has 2 aromatic carbocycles. The van der Waals surface area contributed by atoms with Gasteiger partial charge >= 0.3 is 0 Å². The van der Waals surface area contributed by atoms with Gasteiger partial charge in [-0.25, -0.2) is 4.98 Å². The number of benzene rings is 2. The molecule has 4 aromatic rings. The third-order valence-corrected chi connectivity index (χ3v) is 4.23. The van der Waals surface area contributed by atoms with Crippen LogP contribution in [-0.2, 0) is 0 Å². The summed E-state index contributed by atoms with van der Waals surface area (Å²) in [5.74, 6) is 1.03. The Morgan fingerprint density at radius 3 is 2.60 bits per heavy atom. The average Bonchev–Trinajstić information content (AvgIpc) is 3.15. The van der Waals surface area contributed by atoms with E-state index in [1.54, 1.807) is 24.5 Å². The van der Waals surface area contributed by atoms with Gasteiger partial charge in [-0.05, 0) is 36.4 Å². The quantitative estimate of drug-likeness (QED) is 0.487. The predicted molar refractivity (Wildman–Crippen MR) is 101 cm³/mol. The fourth-order valence-electron chi connectivity index (χ4n) is 2.50. The minimum Gasteiger partial charge on any atom is -0.463 e. The van der Waals surface area contributed by atoms with Crippen molar-refractivity contribution >= 4 is 33.0 Å². The molecule has 2 aromatic heterocycles. The van der Waals surface area contributed by atoms with Gasteiger partial charge in [0.1, 0.15) is 5.76 Å². The molecular weight excluding hydrogens is 382 g/mol. The van der Waals surface area contributed by atoms with Gasteiger partial charge in [0.25, 0.3) is 5.56 Å². The van der Waals surface area contributed by atoms with Crippen LogP contribution < -0.4 is 5.56 Å². The SMILES string of the molecule is O=c1c2ccccc2nc(-c2ccc(Br)cc2)n1N=Cc1ccco1. The first-order valence-corrected chi connectivity index (χ1v) is 8.37. The van der Waals surface area contributed by atoms with Crippen LogP contribution in [0.2, 0.25) is 0 Å². The Morgan fingerprint density at radius 1 is 1.04 bits per heavy atom. The molecule has 0 aliphatic heterocycles. The van der Waals surface area contributed by atoms with Crippen molar-refractivity contribution in [2.45, 2.75) is 0 Å². The van der Waals surface area contributed by atoms with Crippen molar-refractivity contribution in [3.05, 3.63) is 87.5 Å². The van der Waals surface area contributed by atoms with Gasteiger partial charge in [-0.3, -0.25) is 4.79 Å². The molecule has 4 rings (SSSR count). The minimum atomic E-state index is -0.230. The number of hydrogen-bond acceptors (Lipinski definition) is 4. The first-order chi connectivity index (χ1) is 12.2.